The Morgan fingerprint density at radius 1 is 0.976 bits per heavy atom. The van der Waals surface area contributed by atoms with E-state index >= 15 is 0 Å². The van der Waals surface area contributed by atoms with Gasteiger partial charge in [-0.25, -0.2) is 0 Å². The van der Waals surface area contributed by atoms with Crippen molar-refractivity contribution in [3.8, 4) is 11.5 Å². The van der Waals surface area contributed by atoms with Gasteiger partial charge in [-0.3, -0.25) is 4.79 Å². The van der Waals surface area contributed by atoms with E-state index in [1.807, 2.05) is 30.3 Å². The molecule has 1 aliphatic heterocycles. The summed E-state index contributed by atoms with van der Waals surface area (Å²) in [4.78, 5) is 12.0. The van der Waals surface area contributed by atoms with Gasteiger partial charge < -0.3 is 25.8 Å². The molecule has 4 N–H and O–H groups in total. The number of carbonyl (C=O) groups excluding carboxylic acids is 1. The van der Waals surface area contributed by atoms with E-state index in [-0.39, 0.29) is 11.3 Å². The second-order valence-electron chi connectivity index (χ2n) is 10.9. The minimum absolute atomic E-state index is 0.0696. The zero-order valence-electron chi connectivity index (χ0n) is 25.0. The van der Waals surface area contributed by atoms with Crippen molar-refractivity contribution >= 4 is 50.7 Å². The zero-order chi connectivity index (χ0) is 30.1. The van der Waals surface area contributed by atoms with Crippen molar-refractivity contribution in [3.05, 3.63) is 82.3 Å². The lowest BCUT2D eigenvalue weighted by atomic mass is 9.81. The number of nitrogens with one attached hydrogen (secondary N) is 2. The predicted molar refractivity (Wildman–Crippen MR) is 176 cm³/mol. The third-order valence-electron chi connectivity index (χ3n) is 7.60. The lowest BCUT2D eigenvalue weighted by Crippen LogP contribution is -2.28. The maximum Gasteiger partial charge on any atom is 0.220 e. The van der Waals surface area contributed by atoms with E-state index in [9.17, 15) is 4.79 Å². The SMILES string of the molecule is COc1cc(Br)cc(/C=C/C2=[N+](CCCCCC(=O)NCCN)c3ccc(Nc4ccccc4)cc3C2(C)C)c1OC. The van der Waals surface area contributed by atoms with Gasteiger partial charge in [0.15, 0.2) is 17.2 Å². The lowest BCUT2D eigenvalue weighted by Gasteiger charge is -2.17. The summed E-state index contributed by atoms with van der Waals surface area (Å²) in [6.45, 7) is 6.39. The number of amides is 1. The number of unbranched alkanes of at least 4 members (excludes halogenated alkanes) is 2. The molecular weight excluding hydrogens is 592 g/mol. The number of carbonyl (C=O) groups is 1. The summed E-state index contributed by atoms with van der Waals surface area (Å²) in [7, 11) is 3.31. The van der Waals surface area contributed by atoms with E-state index in [1.54, 1.807) is 14.2 Å². The zero-order valence-corrected chi connectivity index (χ0v) is 26.6. The Morgan fingerprint density at radius 3 is 2.48 bits per heavy atom. The molecule has 0 bridgehead atoms. The second-order valence-corrected chi connectivity index (χ2v) is 11.8. The average molecular weight is 635 g/mol. The highest BCUT2D eigenvalue weighted by molar-refractivity contribution is 9.10. The van der Waals surface area contributed by atoms with E-state index in [0.717, 1.165) is 47.2 Å². The Bertz CT molecular complexity index is 1450. The number of anilines is 2. The van der Waals surface area contributed by atoms with Crippen LogP contribution in [0.5, 0.6) is 11.5 Å². The maximum atomic E-state index is 12.0. The van der Waals surface area contributed by atoms with Crippen LogP contribution in [0.1, 0.15) is 50.7 Å². The van der Waals surface area contributed by atoms with Crippen LogP contribution in [0.25, 0.3) is 6.08 Å². The molecule has 0 radical (unpaired) electrons. The number of hydrogen-bond donors (Lipinski definition) is 3. The number of allylic oxidation sites excluding steroid dienone is 1. The van der Waals surface area contributed by atoms with Crippen LogP contribution in [0.4, 0.5) is 17.1 Å². The first kappa shape index (κ1) is 31.3. The molecule has 0 fully saturated rings. The monoisotopic (exact) mass is 633 g/mol. The van der Waals surface area contributed by atoms with Crippen LogP contribution in [-0.2, 0) is 10.2 Å². The fourth-order valence-corrected chi connectivity index (χ4v) is 5.92. The fraction of sp³-hybridized carbons (Fsp3) is 0.353. The van der Waals surface area contributed by atoms with Crippen LogP contribution >= 0.6 is 15.9 Å². The Labute approximate surface area is 257 Å². The molecule has 3 aromatic carbocycles. The fourth-order valence-electron chi connectivity index (χ4n) is 5.47. The number of para-hydroxylation sites is 1. The van der Waals surface area contributed by atoms with Crippen molar-refractivity contribution in [2.45, 2.75) is 44.9 Å². The average Bonchev–Trinajstić information content (AvgIpc) is 3.19. The Morgan fingerprint density at radius 2 is 1.76 bits per heavy atom. The number of nitrogens with two attached hydrogens (primary N) is 1. The molecule has 7 nitrogen and oxygen atoms in total. The lowest BCUT2D eigenvalue weighted by molar-refractivity contribution is -0.438. The molecule has 0 aromatic heterocycles. The van der Waals surface area contributed by atoms with Crippen LogP contribution in [0.2, 0.25) is 0 Å². The largest absolute Gasteiger partial charge is 0.493 e. The minimum Gasteiger partial charge on any atom is -0.493 e. The summed E-state index contributed by atoms with van der Waals surface area (Å²) < 4.78 is 14.6. The van der Waals surface area contributed by atoms with Crippen LogP contribution < -0.4 is 25.8 Å². The van der Waals surface area contributed by atoms with Gasteiger partial charge in [-0.05, 0) is 69.2 Å². The first-order valence-electron chi connectivity index (χ1n) is 14.5. The molecule has 0 saturated heterocycles. The molecular formula is C34H42BrN4O3+. The Kier molecular flexibility index (Phi) is 10.8. The summed E-state index contributed by atoms with van der Waals surface area (Å²) in [5.74, 6) is 1.44. The van der Waals surface area contributed by atoms with Crippen molar-refractivity contribution in [1.82, 2.24) is 5.32 Å². The highest BCUT2D eigenvalue weighted by Crippen LogP contribution is 2.43. The van der Waals surface area contributed by atoms with E-state index in [0.29, 0.717) is 31.0 Å². The molecule has 0 aliphatic carbocycles. The number of benzene rings is 3. The number of rotatable bonds is 14. The van der Waals surface area contributed by atoms with Gasteiger partial charge in [-0.1, -0.05) is 34.1 Å². The van der Waals surface area contributed by atoms with Gasteiger partial charge in [0.25, 0.3) is 0 Å². The molecule has 4 rings (SSSR count). The molecule has 1 heterocycles. The first-order valence-corrected chi connectivity index (χ1v) is 15.3. The molecule has 42 heavy (non-hydrogen) atoms. The van der Waals surface area contributed by atoms with Crippen molar-refractivity contribution < 1.29 is 18.8 Å². The molecule has 0 unspecified atom stereocenters. The van der Waals surface area contributed by atoms with Gasteiger partial charge in [0, 0.05) is 65.0 Å². The van der Waals surface area contributed by atoms with Gasteiger partial charge in [0.2, 0.25) is 11.6 Å². The maximum absolute atomic E-state index is 12.0. The standard InChI is InChI=1S/C34H41BrN4O3/c1-34(2)28-23-27(38-26-11-7-5-8-12-26)15-16-29(28)39(20-10-6-9-13-32(40)37-19-18-36)31(34)17-14-24-21-25(35)22-30(41-3)33(24)42-4/h5,7-8,11-12,14-17,21-23,38H,6,9-10,13,18-20,36H2,1-4H3/p+1/b17-14+. The minimum atomic E-state index is -0.244. The summed E-state index contributed by atoms with van der Waals surface area (Å²) in [5.41, 5.74) is 12.0. The van der Waals surface area contributed by atoms with Crippen molar-refractivity contribution in [2.75, 3.05) is 39.2 Å². The van der Waals surface area contributed by atoms with Crippen LogP contribution in [0.3, 0.4) is 0 Å². The van der Waals surface area contributed by atoms with E-state index in [4.69, 9.17) is 15.2 Å². The number of nitrogens with zero attached hydrogens (tertiary/aromatic N) is 1. The number of methoxy groups -OCH3 is 2. The summed E-state index contributed by atoms with van der Waals surface area (Å²) in [5, 5.41) is 6.41. The Balaban J connectivity index is 1.64. The van der Waals surface area contributed by atoms with E-state index in [1.165, 1.54) is 17.0 Å². The van der Waals surface area contributed by atoms with Gasteiger partial charge >= 0.3 is 0 Å². The third kappa shape index (κ3) is 7.41. The Hall–Kier alpha value is -3.62. The van der Waals surface area contributed by atoms with Gasteiger partial charge in [-0.2, -0.15) is 4.58 Å². The number of ether oxygens (including phenoxy) is 2. The first-order chi connectivity index (χ1) is 20.3. The van der Waals surface area contributed by atoms with Crippen LogP contribution in [0, 0.1) is 0 Å². The van der Waals surface area contributed by atoms with Crippen molar-refractivity contribution in [2.24, 2.45) is 5.73 Å². The van der Waals surface area contributed by atoms with Gasteiger partial charge in [-0.15, -0.1) is 0 Å². The highest BCUT2D eigenvalue weighted by atomic mass is 79.9. The summed E-state index contributed by atoms with van der Waals surface area (Å²) >= 11 is 3.61. The van der Waals surface area contributed by atoms with Gasteiger partial charge in [0.1, 0.15) is 6.54 Å². The summed E-state index contributed by atoms with van der Waals surface area (Å²) in [6, 6.07) is 20.8. The van der Waals surface area contributed by atoms with Crippen molar-refractivity contribution in [3.63, 3.8) is 0 Å². The molecule has 8 heteroatoms. The number of hydrogen-bond acceptors (Lipinski definition) is 5. The van der Waals surface area contributed by atoms with E-state index in [2.05, 4.69) is 87.5 Å². The van der Waals surface area contributed by atoms with Crippen LogP contribution in [-0.4, -0.2) is 50.0 Å². The van der Waals surface area contributed by atoms with E-state index < -0.39 is 0 Å². The van der Waals surface area contributed by atoms with Crippen LogP contribution in [0.15, 0.2) is 71.2 Å². The highest BCUT2D eigenvalue weighted by Gasteiger charge is 2.44. The summed E-state index contributed by atoms with van der Waals surface area (Å²) in [6.07, 6.45) is 7.61. The molecule has 0 saturated carbocycles. The van der Waals surface area contributed by atoms with Crippen molar-refractivity contribution in [1.29, 1.82) is 0 Å². The molecule has 3 aromatic rings. The topological polar surface area (TPSA) is 88.6 Å². The molecule has 1 amide bonds. The predicted octanol–water partition coefficient (Wildman–Crippen LogP) is 6.93. The molecule has 1 aliphatic rings. The smallest absolute Gasteiger partial charge is 0.220 e. The molecule has 222 valence electrons. The normalized spacial score (nSPS) is 13.8. The number of halogens is 1. The van der Waals surface area contributed by atoms with Gasteiger partial charge in [0.05, 0.1) is 19.6 Å². The quantitative estimate of drug-likeness (QED) is 0.132. The third-order valence-corrected chi connectivity index (χ3v) is 8.06. The molecule has 0 atom stereocenters. The second kappa shape index (κ2) is 14.5. The number of fused-ring (bicyclic) bond motifs is 1. The molecule has 0 spiro atoms.